The molecule has 0 aromatic heterocycles. The van der Waals surface area contributed by atoms with Gasteiger partial charge in [0.1, 0.15) is 0 Å². The number of likely N-dealkylation sites (tertiary alicyclic amines) is 1. The molecule has 1 aromatic rings. The van der Waals surface area contributed by atoms with E-state index >= 15 is 0 Å². The lowest BCUT2D eigenvalue weighted by molar-refractivity contribution is -0.110. The van der Waals surface area contributed by atoms with Crippen molar-refractivity contribution in [2.24, 2.45) is 4.99 Å². The molecule has 1 amide bonds. The number of carbonyl (C=O) groups is 1. The zero-order valence-electron chi connectivity index (χ0n) is 19.8. The van der Waals surface area contributed by atoms with Crippen molar-refractivity contribution in [1.29, 1.82) is 0 Å². The van der Waals surface area contributed by atoms with Crippen LogP contribution in [-0.2, 0) is 15.1 Å². The first kappa shape index (κ1) is 23.4. The van der Waals surface area contributed by atoms with Gasteiger partial charge in [-0.25, -0.2) is 0 Å². The molecule has 0 spiro atoms. The summed E-state index contributed by atoms with van der Waals surface area (Å²) in [5.74, 6) is 0.0509. The molecule has 6 nitrogen and oxygen atoms in total. The summed E-state index contributed by atoms with van der Waals surface area (Å²) in [6.45, 7) is 15.4. The van der Waals surface area contributed by atoms with Crippen LogP contribution in [0.5, 0.6) is 0 Å². The highest BCUT2D eigenvalue weighted by molar-refractivity contribution is 6.44. The molecule has 4 rings (SSSR count). The highest BCUT2D eigenvalue weighted by Crippen LogP contribution is 2.36. The number of amides is 1. The van der Waals surface area contributed by atoms with E-state index in [1.54, 1.807) is 6.08 Å². The van der Waals surface area contributed by atoms with Gasteiger partial charge in [-0.15, -0.1) is 4.99 Å². The van der Waals surface area contributed by atoms with Gasteiger partial charge in [-0.2, -0.15) is 0 Å². The number of nitrogens with zero attached hydrogens (tertiary/aromatic N) is 3. The molecule has 1 aromatic carbocycles. The van der Waals surface area contributed by atoms with Crippen molar-refractivity contribution in [3.63, 3.8) is 0 Å². The molecule has 174 valence electrons. The fourth-order valence-corrected chi connectivity index (χ4v) is 4.72. The minimum Gasteiger partial charge on any atom is -0.370 e. The Morgan fingerprint density at radius 2 is 2.03 bits per heavy atom. The molecule has 33 heavy (non-hydrogen) atoms. The lowest BCUT2D eigenvalue weighted by atomic mass is 9.88. The van der Waals surface area contributed by atoms with Gasteiger partial charge in [0.15, 0.2) is 5.71 Å². The van der Waals surface area contributed by atoms with Crippen molar-refractivity contribution in [3.05, 3.63) is 58.7 Å². The van der Waals surface area contributed by atoms with Gasteiger partial charge in [-0.1, -0.05) is 24.8 Å². The van der Waals surface area contributed by atoms with Crippen LogP contribution in [0, 0.1) is 6.57 Å². The Labute approximate surface area is 197 Å². The number of ether oxygens (including phenoxy) is 1. The number of anilines is 1. The maximum atomic E-state index is 12.8. The third-order valence-corrected chi connectivity index (χ3v) is 6.77. The van der Waals surface area contributed by atoms with Crippen LogP contribution < -0.4 is 5.32 Å². The van der Waals surface area contributed by atoms with Gasteiger partial charge in [0.25, 0.3) is 11.7 Å². The lowest BCUT2D eigenvalue weighted by Crippen LogP contribution is -2.29. The highest BCUT2D eigenvalue weighted by Gasteiger charge is 2.26. The summed E-state index contributed by atoms with van der Waals surface area (Å²) in [6, 6.07) is 6.22. The fourth-order valence-electron chi connectivity index (χ4n) is 4.72. The van der Waals surface area contributed by atoms with Crippen molar-refractivity contribution < 1.29 is 9.53 Å². The summed E-state index contributed by atoms with van der Waals surface area (Å²) in [5, 5.41) is 3.06. The van der Waals surface area contributed by atoms with Gasteiger partial charge in [0.2, 0.25) is 0 Å². The molecule has 0 unspecified atom stereocenters. The molecule has 1 saturated heterocycles. The Hall–Kier alpha value is -2.75. The van der Waals surface area contributed by atoms with Crippen LogP contribution in [0.15, 0.2) is 41.2 Å². The average molecular weight is 447 g/mol. The monoisotopic (exact) mass is 446 g/mol. The number of nitrogens with one attached hydrogen (secondary N) is 1. The van der Waals surface area contributed by atoms with Gasteiger partial charge in [-0.05, 0) is 88.7 Å². The van der Waals surface area contributed by atoms with Crippen molar-refractivity contribution in [3.8, 4) is 0 Å². The number of hydrogen-bond donors (Lipinski definition) is 1. The van der Waals surface area contributed by atoms with E-state index in [1.165, 1.54) is 37.9 Å². The number of benzene rings is 1. The maximum Gasteiger partial charge on any atom is 0.293 e. The average Bonchev–Trinajstić information content (AvgIpc) is 3.52. The fraction of sp³-hybridized carbons (Fsp3) is 0.519. The summed E-state index contributed by atoms with van der Waals surface area (Å²) >= 11 is 0. The minimum atomic E-state index is -0.420. The second kappa shape index (κ2) is 10.5. The first-order chi connectivity index (χ1) is 16.0. The molecule has 1 fully saturated rings. The number of rotatable bonds is 8. The summed E-state index contributed by atoms with van der Waals surface area (Å²) in [5.41, 5.74) is 4.21. The summed E-state index contributed by atoms with van der Waals surface area (Å²) < 4.78 is 6.34. The van der Waals surface area contributed by atoms with Crippen LogP contribution in [0.25, 0.3) is 10.4 Å². The number of hydrogen-bond acceptors (Lipinski definition) is 4. The topological polar surface area (TPSA) is 58.3 Å². The summed E-state index contributed by atoms with van der Waals surface area (Å²) in [7, 11) is 0. The van der Waals surface area contributed by atoms with Gasteiger partial charge >= 0.3 is 0 Å². The summed E-state index contributed by atoms with van der Waals surface area (Å²) in [4.78, 5) is 22.8. The van der Waals surface area contributed by atoms with Crippen molar-refractivity contribution >= 4 is 22.9 Å². The molecule has 0 atom stereocenters. The van der Waals surface area contributed by atoms with Crippen LogP contribution in [-0.4, -0.2) is 42.8 Å². The second-order valence-electron chi connectivity index (χ2n) is 9.53. The van der Waals surface area contributed by atoms with E-state index < -0.39 is 5.60 Å². The molecule has 0 radical (unpaired) electrons. The van der Waals surface area contributed by atoms with E-state index in [0.29, 0.717) is 24.6 Å². The lowest BCUT2D eigenvalue weighted by Gasteiger charge is -2.29. The Balaban J connectivity index is 1.53. The predicted molar refractivity (Wildman–Crippen MR) is 133 cm³/mol. The predicted octanol–water partition coefficient (Wildman–Crippen LogP) is 5.54. The van der Waals surface area contributed by atoms with Crippen LogP contribution in [0.2, 0.25) is 0 Å². The standard InChI is InChI=1S/C27H34N4O2/c1-27(2,33-18-17-31-15-7-8-16-31)21-11-12-23(22(19-21)20-9-5-4-6-10-20)30-26(32)24-13-14-25(28-3)29-24/h9,11-12,14,19H,4-8,10,13,15-18H2,1-2H3,(H,30,32). The zero-order valence-corrected chi connectivity index (χ0v) is 19.8. The molecule has 6 heteroatoms. The van der Waals surface area contributed by atoms with Gasteiger partial charge in [0.05, 0.1) is 12.2 Å². The van der Waals surface area contributed by atoms with Crippen LogP contribution >= 0.6 is 0 Å². The van der Waals surface area contributed by atoms with Crippen LogP contribution in [0.1, 0.15) is 69.9 Å². The normalized spacial score (nSPS) is 19.0. The maximum absolute atomic E-state index is 12.8. The molecule has 0 bridgehead atoms. The third kappa shape index (κ3) is 5.79. The molecule has 3 aliphatic rings. The molecule has 0 saturated carbocycles. The Morgan fingerprint density at radius 3 is 2.73 bits per heavy atom. The van der Waals surface area contributed by atoms with E-state index in [1.807, 2.05) is 6.07 Å². The van der Waals surface area contributed by atoms with E-state index in [-0.39, 0.29) is 5.91 Å². The Kier molecular flexibility index (Phi) is 7.42. The largest absolute Gasteiger partial charge is 0.370 e. The third-order valence-electron chi connectivity index (χ3n) is 6.77. The van der Waals surface area contributed by atoms with E-state index in [9.17, 15) is 4.79 Å². The van der Waals surface area contributed by atoms with Crippen molar-refractivity contribution in [2.45, 2.75) is 64.4 Å². The van der Waals surface area contributed by atoms with Gasteiger partial charge < -0.3 is 19.8 Å². The Bertz CT molecular complexity index is 1020. The van der Waals surface area contributed by atoms with E-state index in [4.69, 9.17) is 11.3 Å². The first-order valence-corrected chi connectivity index (χ1v) is 12.1. The molecule has 2 heterocycles. The SMILES string of the molecule is [C-]#[N+]C1=CCC(C(=O)Nc2ccc(C(C)(C)OCCN3CCCC3)cc2C2=CCCCC2)=N1. The van der Waals surface area contributed by atoms with Crippen molar-refractivity contribution in [2.75, 3.05) is 31.6 Å². The minimum absolute atomic E-state index is 0.239. The van der Waals surface area contributed by atoms with Gasteiger partial charge in [0, 0.05) is 24.2 Å². The number of aliphatic imine (C=N–C) groups is 1. The number of carbonyl (C=O) groups excluding carboxylic acids is 1. The Morgan fingerprint density at radius 1 is 1.21 bits per heavy atom. The molecule has 1 N–H and O–H groups in total. The first-order valence-electron chi connectivity index (χ1n) is 12.1. The smallest absolute Gasteiger partial charge is 0.293 e. The van der Waals surface area contributed by atoms with E-state index in [2.05, 4.69) is 52.1 Å². The second-order valence-corrected chi connectivity index (χ2v) is 9.53. The highest BCUT2D eigenvalue weighted by atomic mass is 16.5. The van der Waals surface area contributed by atoms with Crippen LogP contribution in [0.3, 0.4) is 0 Å². The summed E-state index contributed by atoms with van der Waals surface area (Å²) in [6.07, 6.45) is 11.4. The molecule has 2 aliphatic heterocycles. The van der Waals surface area contributed by atoms with Gasteiger partial charge in [-0.3, -0.25) is 4.79 Å². The molecular formula is C27H34N4O2. The molecule has 1 aliphatic carbocycles. The molecular weight excluding hydrogens is 412 g/mol. The number of allylic oxidation sites excluding steroid dienone is 3. The van der Waals surface area contributed by atoms with Crippen molar-refractivity contribution in [1.82, 2.24) is 4.90 Å². The quantitative estimate of drug-likeness (QED) is 0.534. The van der Waals surface area contributed by atoms with Crippen LogP contribution in [0.4, 0.5) is 5.69 Å². The zero-order chi connectivity index (χ0) is 23.3. The van der Waals surface area contributed by atoms with E-state index in [0.717, 1.165) is 42.6 Å².